The SMILES string of the molecule is Cc1nccn1CCCCNC(=O)[C@H]1CCN[C@@H](C)C1. The van der Waals surface area contributed by atoms with Gasteiger partial charge in [-0.25, -0.2) is 4.98 Å². The number of aromatic nitrogens is 2. The summed E-state index contributed by atoms with van der Waals surface area (Å²) in [5.41, 5.74) is 0. The second-order valence-corrected chi connectivity index (χ2v) is 5.74. The van der Waals surface area contributed by atoms with E-state index in [-0.39, 0.29) is 11.8 Å². The second kappa shape index (κ2) is 7.43. The monoisotopic (exact) mass is 278 g/mol. The third-order valence-electron chi connectivity index (χ3n) is 4.04. The third-order valence-corrected chi connectivity index (χ3v) is 4.04. The summed E-state index contributed by atoms with van der Waals surface area (Å²) in [6, 6.07) is 0.462. The topological polar surface area (TPSA) is 59.0 Å². The number of nitrogens with one attached hydrogen (secondary N) is 2. The highest BCUT2D eigenvalue weighted by Crippen LogP contribution is 2.15. The molecule has 2 N–H and O–H groups in total. The van der Waals surface area contributed by atoms with Crippen LogP contribution >= 0.6 is 0 Å². The van der Waals surface area contributed by atoms with Crippen LogP contribution in [0.15, 0.2) is 12.4 Å². The van der Waals surface area contributed by atoms with Crippen LogP contribution in [0.4, 0.5) is 0 Å². The predicted octanol–water partition coefficient (Wildman–Crippen LogP) is 1.48. The van der Waals surface area contributed by atoms with Crippen molar-refractivity contribution in [3.05, 3.63) is 18.2 Å². The Morgan fingerprint density at radius 2 is 2.40 bits per heavy atom. The van der Waals surface area contributed by atoms with Crippen LogP contribution in [-0.2, 0) is 11.3 Å². The Morgan fingerprint density at radius 1 is 1.55 bits per heavy atom. The summed E-state index contributed by atoms with van der Waals surface area (Å²) in [7, 11) is 0. The van der Waals surface area contributed by atoms with E-state index in [2.05, 4.69) is 27.1 Å². The van der Waals surface area contributed by atoms with Crippen molar-refractivity contribution < 1.29 is 4.79 Å². The van der Waals surface area contributed by atoms with E-state index < -0.39 is 0 Å². The first-order valence-electron chi connectivity index (χ1n) is 7.65. The van der Waals surface area contributed by atoms with Gasteiger partial charge in [-0.1, -0.05) is 0 Å². The van der Waals surface area contributed by atoms with Crippen LogP contribution in [-0.4, -0.2) is 34.6 Å². The van der Waals surface area contributed by atoms with Crippen molar-refractivity contribution >= 4 is 5.91 Å². The Balaban J connectivity index is 1.58. The Morgan fingerprint density at radius 3 is 3.10 bits per heavy atom. The molecule has 1 aromatic heterocycles. The van der Waals surface area contributed by atoms with Crippen molar-refractivity contribution in [2.75, 3.05) is 13.1 Å². The number of carbonyl (C=O) groups is 1. The number of piperidine rings is 1. The van der Waals surface area contributed by atoms with E-state index in [1.54, 1.807) is 0 Å². The van der Waals surface area contributed by atoms with Gasteiger partial charge in [-0.3, -0.25) is 4.79 Å². The Labute approximate surface area is 121 Å². The number of imidazole rings is 1. The third kappa shape index (κ3) is 4.34. The van der Waals surface area contributed by atoms with Gasteiger partial charge >= 0.3 is 0 Å². The first-order valence-corrected chi connectivity index (χ1v) is 7.65. The van der Waals surface area contributed by atoms with E-state index in [1.807, 2.05) is 19.3 Å². The standard InChI is InChI=1S/C15H26N4O/c1-12-11-14(5-7-16-12)15(20)18-6-3-4-9-19-10-8-17-13(19)2/h8,10,12,14,16H,3-7,9,11H2,1-2H3,(H,18,20)/t12-,14-/m0/s1. The molecule has 112 valence electrons. The van der Waals surface area contributed by atoms with Gasteiger partial charge in [0.25, 0.3) is 0 Å². The Hall–Kier alpha value is -1.36. The van der Waals surface area contributed by atoms with E-state index in [4.69, 9.17) is 0 Å². The molecule has 20 heavy (non-hydrogen) atoms. The average Bonchev–Trinajstić information content (AvgIpc) is 2.84. The number of unbranched alkanes of at least 4 members (excludes halogenated alkanes) is 1. The van der Waals surface area contributed by atoms with Gasteiger partial charge in [-0.05, 0) is 46.1 Å². The molecule has 2 rings (SSSR count). The highest BCUT2D eigenvalue weighted by molar-refractivity contribution is 5.78. The first-order chi connectivity index (χ1) is 9.66. The van der Waals surface area contributed by atoms with Gasteiger partial charge < -0.3 is 15.2 Å². The number of aryl methyl sites for hydroxylation is 2. The smallest absolute Gasteiger partial charge is 0.223 e. The number of rotatable bonds is 6. The van der Waals surface area contributed by atoms with E-state index in [1.165, 1.54) is 0 Å². The summed E-state index contributed by atoms with van der Waals surface area (Å²) in [6.45, 7) is 6.88. The van der Waals surface area contributed by atoms with Crippen molar-refractivity contribution in [3.63, 3.8) is 0 Å². The zero-order chi connectivity index (χ0) is 14.4. The lowest BCUT2D eigenvalue weighted by atomic mass is 9.92. The van der Waals surface area contributed by atoms with Gasteiger partial charge in [0.05, 0.1) is 0 Å². The lowest BCUT2D eigenvalue weighted by molar-refractivity contribution is -0.126. The maximum atomic E-state index is 12.0. The number of hydrogen-bond acceptors (Lipinski definition) is 3. The van der Waals surface area contributed by atoms with Crippen LogP contribution in [0.25, 0.3) is 0 Å². The van der Waals surface area contributed by atoms with Crippen LogP contribution in [0.1, 0.15) is 38.4 Å². The molecule has 1 aliphatic heterocycles. The summed E-state index contributed by atoms with van der Waals surface area (Å²) >= 11 is 0. The Kier molecular flexibility index (Phi) is 5.59. The molecule has 0 aromatic carbocycles. The number of carbonyl (C=O) groups excluding carboxylic acids is 1. The van der Waals surface area contributed by atoms with Crippen LogP contribution in [0, 0.1) is 12.8 Å². The molecule has 0 radical (unpaired) electrons. The molecule has 0 saturated carbocycles. The van der Waals surface area contributed by atoms with Gasteiger partial charge in [-0.2, -0.15) is 0 Å². The molecular weight excluding hydrogens is 252 g/mol. The van der Waals surface area contributed by atoms with Crippen molar-refractivity contribution in [3.8, 4) is 0 Å². The summed E-state index contributed by atoms with van der Waals surface area (Å²) in [5.74, 6) is 1.48. The molecule has 0 aliphatic carbocycles. The van der Waals surface area contributed by atoms with Gasteiger partial charge in [0.15, 0.2) is 0 Å². The minimum atomic E-state index is 0.196. The average molecular weight is 278 g/mol. The summed E-state index contributed by atoms with van der Waals surface area (Å²) in [4.78, 5) is 16.2. The molecule has 2 heterocycles. The second-order valence-electron chi connectivity index (χ2n) is 5.74. The molecule has 5 heteroatoms. The quantitative estimate of drug-likeness (QED) is 0.775. The largest absolute Gasteiger partial charge is 0.356 e. The minimum Gasteiger partial charge on any atom is -0.356 e. The van der Waals surface area contributed by atoms with Gasteiger partial charge in [0.1, 0.15) is 5.82 Å². The van der Waals surface area contributed by atoms with Crippen LogP contribution < -0.4 is 10.6 Å². The van der Waals surface area contributed by atoms with E-state index >= 15 is 0 Å². The summed E-state index contributed by atoms with van der Waals surface area (Å²) < 4.78 is 2.15. The fourth-order valence-corrected chi connectivity index (χ4v) is 2.77. The van der Waals surface area contributed by atoms with Crippen LogP contribution in [0.3, 0.4) is 0 Å². The zero-order valence-electron chi connectivity index (χ0n) is 12.6. The minimum absolute atomic E-state index is 0.196. The molecule has 2 atom stereocenters. The summed E-state index contributed by atoms with van der Waals surface area (Å²) in [5, 5.41) is 6.45. The van der Waals surface area contributed by atoms with Gasteiger partial charge in [-0.15, -0.1) is 0 Å². The molecule has 0 unspecified atom stereocenters. The van der Waals surface area contributed by atoms with Gasteiger partial charge in [0, 0.05) is 37.4 Å². The van der Waals surface area contributed by atoms with Gasteiger partial charge in [0.2, 0.25) is 5.91 Å². The lowest BCUT2D eigenvalue weighted by Crippen LogP contribution is -2.42. The molecule has 1 fully saturated rings. The van der Waals surface area contributed by atoms with E-state index in [0.29, 0.717) is 6.04 Å². The highest BCUT2D eigenvalue weighted by Gasteiger charge is 2.24. The highest BCUT2D eigenvalue weighted by atomic mass is 16.1. The maximum absolute atomic E-state index is 12.0. The molecule has 1 amide bonds. The predicted molar refractivity (Wildman–Crippen MR) is 79.4 cm³/mol. The number of amides is 1. The molecule has 5 nitrogen and oxygen atoms in total. The fourth-order valence-electron chi connectivity index (χ4n) is 2.77. The van der Waals surface area contributed by atoms with Crippen molar-refractivity contribution in [2.24, 2.45) is 5.92 Å². The summed E-state index contributed by atoms with van der Waals surface area (Å²) in [6.07, 6.45) is 7.84. The van der Waals surface area contributed by atoms with Crippen molar-refractivity contribution in [1.29, 1.82) is 0 Å². The molecule has 1 aliphatic rings. The molecular formula is C15H26N4O. The first kappa shape index (κ1) is 15.0. The van der Waals surface area contributed by atoms with Crippen molar-refractivity contribution in [1.82, 2.24) is 20.2 Å². The Bertz CT molecular complexity index is 429. The molecule has 1 saturated heterocycles. The van der Waals surface area contributed by atoms with E-state index in [9.17, 15) is 4.79 Å². The maximum Gasteiger partial charge on any atom is 0.223 e. The van der Waals surface area contributed by atoms with Crippen LogP contribution in [0.2, 0.25) is 0 Å². The number of hydrogen-bond donors (Lipinski definition) is 2. The molecule has 0 bridgehead atoms. The normalized spacial score (nSPS) is 22.7. The fraction of sp³-hybridized carbons (Fsp3) is 0.733. The van der Waals surface area contributed by atoms with Crippen molar-refractivity contribution in [2.45, 2.75) is 52.1 Å². The number of nitrogens with zero attached hydrogens (tertiary/aromatic N) is 2. The lowest BCUT2D eigenvalue weighted by Gasteiger charge is -2.27. The van der Waals surface area contributed by atoms with E-state index in [0.717, 1.165) is 51.1 Å². The molecule has 1 aromatic rings. The van der Waals surface area contributed by atoms with Crippen LogP contribution in [0.5, 0.6) is 0 Å². The molecule has 0 spiro atoms. The zero-order valence-corrected chi connectivity index (χ0v) is 12.6.